The molecule has 1 aliphatic rings. The van der Waals surface area contributed by atoms with Crippen molar-refractivity contribution in [2.45, 2.75) is 19.0 Å². The number of aromatic nitrogens is 3. The van der Waals surface area contributed by atoms with Gasteiger partial charge < -0.3 is 10.1 Å². The van der Waals surface area contributed by atoms with Crippen molar-refractivity contribution in [1.82, 2.24) is 15.2 Å². The van der Waals surface area contributed by atoms with Gasteiger partial charge in [0.2, 0.25) is 5.91 Å². The van der Waals surface area contributed by atoms with E-state index in [0.29, 0.717) is 12.8 Å². The van der Waals surface area contributed by atoms with Gasteiger partial charge in [0.25, 0.3) is 0 Å². The molecular weight excluding hydrogens is 329 g/mol. The fraction of sp³-hybridized carbons (Fsp3) is 0.429. The number of halogens is 3. The number of rotatable bonds is 3. The number of carbonyl (C=O) groups is 2. The van der Waals surface area contributed by atoms with Crippen LogP contribution in [0, 0.1) is 11.8 Å². The van der Waals surface area contributed by atoms with E-state index in [0.717, 1.165) is 6.07 Å². The Labute approximate surface area is 133 Å². The molecule has 0 spiro atoms. The summed E-state index contributed by atoms with van der Waals surface area (Å²) >= 11 is 0. The minimum atomic E-state index is -4.57. The molecule has 2 atom stereocenters. The summed E-state index contributed by atoms with van der Waals surface area (Å²) in [7, 11) is 1.25. The van der Waals surface area contributed by atoms with Crippen molar-refractivity contribution in [1.29, 1.82) is 0 Å². The van der Waals surface area contributed by atoms with Crippen LogP contribution in [-0.2, 0) is 20.5 Å². The Bertz CT molecular complexity index is 802. The predicted molar refractivity (Wildman–Crippen MR) is 75.8 cm³/mol. The van der Waals surface area contributed by atoms with Crippen molar-refractivity contribution < 1.29 is 27.5 Å². The fourth-order valence-electron chi connectivity index (χ4n) is 2.61. The highest BCUT2D eigenvalue weighted by atomic mass is 19.4. The number of hydrogen-bond acceptors (Lipinski definition) is 5. The molecule has 2 N–H and O–H groups in total. The molecular formula is C14H13F3N4O3. The third-order valence-electron chi connectivity index (χ3n) is 4.07. The second-order valence-corrected chi connectivity index (χ2v) is 5.47. The zero-order chi connectivity index (χ0) is 17.5. The van der Waals surface area contributed by atoms with Crippen molar-refractivity contribution >= 4 is 28.7 Å². The SMILES string of the molecule is COC(=O)[C@@H]1CC[C@@H]1C(=O)Nc1n[nH]c2nc(C(F)(F)F)ccc12. The first-order valence-electron chi connectivity index (χ1n) is 7.12. The molecule has 0 unspecified atom stereocenters. The largest absolute Gasteiger partial charge is 0.469 e. The van der Waals surface area contributed by atoms with Gasteiger partial charge in [0.15, 0.2) is 11.5 Å². The number of nitrogens with one attached hydrogen (secondary N) is 2. The van der Waals surface area contributed by atoms with E-state index in [4.69, 9.17) is 0 Å². The molecule has 1 saturated carbocycles. The van der Waals surface area contributed by atoms with Gasteiger partial charge in [0, 0.05) is 0 Å². The van der Waals surface area contributed by atoms with Gasteiger partial charge in [-0.15, -0.1) is 0 Å². The van der Waals surface area contributed by atoms with Crippen LogP contribution in [-0.4, -0.2) is 34.2 Å². The summed E-state index contributed by atoms with van der Waals surface area (Å²) in [6, 6.07) is 2.00. The molecule has 0 bridgehead atoms. The van der Waals surface area contributed by atoms with E-state index in [1.165, 1.54) is 13.2 Å². The number of amides is 1. The van der Waals surface area contributed by atoms with Crippen molar-refractivity contribution in [3.63, 3.8) is 0 Å². The first-order chi connectivity index (χ1) is 11.3. The summed E-state index contributed by atoms with van der Waals surface area (Å²) < 4.78 is 42.5. The minimum Gasteiger partial charge on any atom is -0.469 e. The number of H-pyrrole nitrogens is 1. The minimum absolute atomic E-state index is 0.0757. The third kappa shape index (κ3) is 2.79. The average Bonchev–Trinajstić information content (AvgIpc) is 2.87. The number of methoxy groups -OCH3 is 1. The fourth-order valence-corrected chi connectivity index (χ4v) is 2.61. The molecule has 24 heavy (non-hydrogen) atoms. The summed E-state index contributed by atoms with van der Waals surface area (Å²) in [6.07, 6.45) is -3.48. The molecule has 3 rings (SSSR count). The lowest BCUT2D eigenvalue weighted by Crippen LogP contribution is -2.41. The van der Waals surface area contributed by atoms with Gasteiger partial charge in [-0.2, -0.15) is 18.3 Å². The Morgan fingerprint density at radius 1 is 1.29 bits per heavy atom. The molecule has 1 aliphatic carbocycles. The molecule has 2 heterocycles. The molecule has 0 saturated heterocycles. The number of carbonyl (C=O) groups excluding carboxylic acids is 2. The van der Waals surface area contributed by atoms with Gasteiger partial charge >= 0.3 is 12.1 Å². The van der Waals surface area contributed by atoms with Crippen LogP contribution in [0.1, 0.15) is 18.5 Å². The number of ether oxygens (including phenoxy) is 1. The standard InChI is InChI=1S/C14H13F3N4O3/c1-24-13(23)7-3-2-6(7)12(22)19-11-8-4-5-9(14(15,16)17)18-10(8)20-21-11/h4-7H,2-3H2,1H3,(H2,18,19,20,21,22)/t6-,7+/m0/s1. The molecule has 2 aromatic rings. The van der Waals surface area contributed by atoms with Crippen LogP contribution in [0.15, 0.2) is 12.1 Å². The first kappa shape index (κ1) is 16.2. The number of fused-ring (bicyclic) bond motifs is 1. The quantitative estimate of drug-likeness (QED) is 0.833. The Hall–Kier alpha value is -2.65. The van der Waals surface area contributed by atoms with Crippen molar-refractivity contribution in [2.75, 3.05) is 12.4 Å². The maximum absolute atomic E-state index is 12.6. The third-order valence-corrected chi connectivity index (χ3v) is 4.07. The Morgan fingerprint density at radius 2 is 2.00 bits per heavy atom. The summed E-state index contributed by atoms with van der Waals surface area (Å²) in [4.78, 5) is 27.2. The Kier molecular flexibility index (Phi) is 3.90. The number of hydrogen-bond donors (Lipinski definition) is 2. The summed E-state index contributed by atoms with van der Waals surface area (Å²) in [5.74, 6) is -1.84. The van der Waals surface area contributed by atoms with Crippen molar-refractivity contribution in [3.8, 4) is 0 Å². The zero-order valence-electron chi connectivity index (χ0n) is 12.5. The van der Waals surface area contributed by atoms with E-state index in [2.05, 4.69) is 25.2 Å². The molecule has 7 nitrogen and oxygen atoms in total. The summed E-state index contributed by atoms with van der Waals surface area (Å²) in [5.41, 5.74) is -1.14. The normalized spacial score (nSPS) is 20.5. The van der Waals surface area contributed by atoms with E-state index in [1.807, 2.05) is 0 Å². The van der Waals surface area contributed by atoms with Gasteiger partial charge in [-0.05, 0) is 25.0 Å². The molecule has 1 amide bonds. The number of esters is 1. The molecule has 0 aromatic carbocycles. The van der Waals surface area contributed by atoms with E-state index in [1.54, 1.807) is 0 Å². The monoisotopic (exact) mass is 342 g/mol. The van der Waals surface area contributed by atoms with E-state index in [-0.39, 0.29) is 16.9 Å². The van der Waals surface area contributed by atoms with Crippen LogP contribution in [0.5, 0.6) is 0 Å². The second kappa shape index (κ2) is 5.77. The second-order valence-electron chi connectivity index (χ2n) is 5.47. The van der Waals surface area contributed by atoms with Crippen LogP contribution in [0.2, 0.25) is 0 Å². The number of anilines is 1. The molecule has 128 valence electrons. The summed E-state index contributed by atoms with van der Waals surface area (Å²) in [6.45, 7) is 0. The number of pyridine rings is 1. The molecule has 2 aromatic heterocycles. The molecule has 1 fully saturated rings. The smallest absolute Gasteiger partial charge is 0.433 e. The highest BCUT2D eigenvalue weighted by Gasteiger charge is 2.42. The molecule has 0 radical (unpaired) electrons. The van der Waals surface area contributed by atoms with E-state index in [9.17, 15) is 22.8 Å². The van der Waals surface area contributed by atoms with Gasteiger partial charge in [0.05, 0.1) is 24.3 Å². The Morgan fingerprint density at radius 3 is 2.58 bits per heavy atom. The molecule has 10 heteroatoms. The summed E-state index contributed by atoms with van der Waals surface area (Å²) in [5, 5.41) is 8.92. The highest BCUT2D eigenvalue weighted by molar-refractivity contribution is 6.01. The van der Waals surface area contributed by atoms with E-state index >= 15 is 0 Å². The van der Waals surface area contributed by atoms with Crippen molar-refractivity contribution in [2.24, 2.45) is 11.8 Å². The van der Waals surface area contributed by atoms with Crippen LogP contribution < -0.4 is 5.32 Å². The first-order valence-corrected chi connectivity index (χ1v) is 7.12. The predicted octanol–water partition coefficient (Wildman–Crippen LogP) is 2.11. The topological polar surface area (TPSA) is 97.0 Å². The number of alkyl halides is 3. The Balaban J connectivity index is 1.78. The zero-order valence-corrected chi connectivity index (χ0v) is 12.5. The lowest BCUT2D eigenvalue weighted by molar-refractivity contribution is -0.154. The average molecular weight is 342 g/mol. The van der Waals surface area contributed by atoms with Crippen LogP contribution in [0.4, 0.5) is 19.0 Å². The van der Waals surface area contributed by atoms with Gasteiger partial charge in [-0.25, -0.2) is 4.98 Å². The van der Waals surface area contributed by atoms with Crippen molar-refractivity contribution in [3.05, 3.63) is 17.8 Å². The van der Waals surface area contributed by atoms with E-state index < -0.39 is 35.6 Å². The van der Waals surface area contributed by atoms with Crippen LogP contribution in [0.3, 0.4) is 0 Å². The van der Waals surface area contributed by atoms with Gasteiger partial charge in [0.1, 0.15) is 5.69 Å². The maximum Gasteiger partial charge on any atom is 0.433 e. The number of aromatic amines is 1. The maximum atomic E-state index is 12.6. The van der Waals surface area contributed by atoms with Gasteiger partial charge in [-0.3, -0.25) is 14.7 Å². The highest BCUT2D eigenvalue weighted by Crippen LogP contribution is 2.36. The lowest BCUT2D eigenvalue weighted by atomic mass is 9.73. The molecule has 0 aliphatic heterocycles. The lowest BCUT2D eigenvalue weighted by Gasteiger charge is -2.32. The van der Waals surface area contributed by atoms with Gasteiger partial charge in [-0.1, -0.05) is 0 Å². The number of nitrogens with zero attached hydrogens (tertiary/aromatic N) is 2. The van der Waals surface area contributed by atoms with Crippen LogP contribution in [0.25, 0.3) is 11.0 Å². The van der Waals surface area contributed by atoms with Crippen LogP contribution >= 0.6 is 0 Å².